The Morgan fingerprint density at radius 3 is 2.50 bits per heavy atom. The minimum Gasteiger partial charge on any atom is -0.497 e. The molecule has 0 spiro atoms. The maximum Gasteiger partial charge on any atom is 0.192 e. The summed E-state index contributed by atoms with van der Waals surface area (Å²) < 4.78 is 18.4. The second kappa shape index (κ2) is 9.15. The van der Waals surface area contributed by atoms with E-state index in [1.54, 1.807) is 25.1 Å². The fourth-order valence-corrected chi connectivity index (χ4v) is 4.12. The van der Waals surface area contributed by atoms with Crippen molar-refractivity contribution in [2.45, 2.75) is 17.5 Å². The van der Waals surface area contributed by atoms with Gasteiger partial charge >= 0.3 is 0 Å². The van der Waals surface area contributed by atoms with Crippen molar-refractivity contribution in [1.82, 2.24) is 19.9 Å². The summed E-state index contributed by atoms with van der Waals surface area (Å²) in [5, 5.41) is 13.8. The van der Waals surface area contributed by atoms with E-state index >= 15 is 0 Å². The van der Waals surface area contributed by atoms with Crippen LogP contribution in [0.4, 0.5) is 0 Å². The molecule has 160 valence electrons. The molecule has 2 aromatic carbocycles. The highest BCUT2D eigenvalue weighted by molar-refractivity contribution is 7.98. The fraction of sp³-hybridized carbons (Fsp3) is 0.125. The van der Waals surface area contributed by atoms with Gasteiger partial charge in [-0.05, 0) is 36.4 Å². The van der Waals surface area contributed by atoms with E-state index < -0.39 is 0 Å². The van der Waals surface area contributed by atoms with Gasteiger partial charge in [0.1, 0.15) is 23.0 Å². The van der Waals surface area contributed by atoms with Gasteiger partial charge in [0.05, 0.1) is 25.7 Å². The normalized spacial score (nSPS) is 11.0. The maximum atomic E-state index is 5.57. The van der Waals surface area contributed by atoms with Crippen LogP contribution < -0.4 is 4.74 Å². The summed E-state index contributed by atoms with van der Waals surface area (Å²) >= 11 is 1.54. The van der Waals surface area contributed by atoms with Crippen LogP contribution in [-0.4, -0.2) is 27.0 Å². The van der Waals surface area contributed by atoms with Gasteiger partial charge in [0.15, 0.2) is 11.0 Å². The van der Waals surface area contributed by atoms with Crippen molar-refractivity contribution in [3.05, 3.63) is 90.6 Å². The molecule has 0 unspecified atom stereocenters. The molecule has 3 aromatic heterocycles. The molecule has 0 amide bonds. The molecule has 0 N–H and O–H groups in total. The Hall–Kier alpha value is -3.78. The molecule has 5 rings (SSSR count). The van der Waals surface area contributed by atoms with Gasteiger partial charge in [0.2, 0.25) is 0 Å². The Morgan fingerprint density at radius 2 is 1.75 bits per heavy atom. The lowest BCUT2D eigenvalue weighted by molar-refractivity contribution is 0.397. The number of thioether (sulfide) groups is 1. The lowest BCUT2D eigenvalue weighted by Crippen LogP contribution is -2.03. The highest BCUT2D eigenvalue weighted by atomic mass is 32.2. The van der Waals surface area contributed by atoms with Gasteiger partial charge in [-0.3, -0.25) is 4.57 Å². The van der Waals surface area contributed by atoms with Crippen molar-refractivity contribution in [2.24, 2.45) is 0 Å². The molecular formula is C24H20N4O3S. The molecule has 0 atom stereocenters. The summed E-state index contributed by atoms with van der Waals surface area (Å²) in [7, 11) is 1.65. The van der Waals surface area contributed by atoms with E-state index in [0.29, 0.717) is 12.3 Å². The van der Waals surface area contributed by atoms with Crippen LogP contribution in [0.1, 0.15) is 11.5 Å². The Kier molecular flexibility index (Phi) is 5.76. The number of methoxy groups -OCH3 is 1. The summed E-state index contributed by atoms with van der Waals surface area (Å²) in [4.78, 5) is 0. The first-order valence-corrected chi connectivity index (χ1v) is 11.0. The van der Waals surface area contributed by atoms with E-state index in [4.69, 9.17) is 13.7 Å². The van der Waals surface area contributed by atoms with Gasteiger partial charge < -0.3 is 13.7 Å². The average Bonchev–Trinajstić information content (AvgIpc) is 3.61. The van der Waals surface area contributed by atoms with Gasteiger partial charge in [0, 0.05) is 17.2 Å². The van der Waals surface area contributed by atoms with Gasteiger partial charge in [-0.25, -0.2) is 0 Å². The Balaban J connectivity index is 1.39. The van der Waals surface area contributed by atoms with E-state index in [0.717, 1.165) is 45.1 Å². The molecule has 0 aliphatic heterocycles. The van der Waals surface area contributed by atoms with Crippen LogP contribution in [0.3, 0.4) is 0 Å². The molecule has 7 nitrogen and oxygen atoms in total. The van der Waals surface area contributed by atoms with Gasteiger partial charge in [-0.15, -0.1) is 10.2 Å². The van der Waals surface area contributed by atoms with Crippen molar-refractivity contribution in [1.29, 1.82) is 0 Å². The van der Waals surface area contributed by atoms with Crippen molar-refractivity contribution >= 4 is 11.8 Å². The van der Waals surface area contributed by atoms with Crippen LogP contribution in [0.5, 0.6) is 5.75 Å². The molecule has 0 radical (unpaired) electrons. The van der Waals surface area contributed by atoms with E-state index in [-0.39, 0.29) is 0 Å². The molecule has 0 aliphatic carbocycles. The summed E-state index contributed by atoms with van der Waals surface area (Å²) in [6, 6.07) is 23.5. The summed E-state index contributed by atoms with van der Waals surface area (Å²) in [5.74, 6) is 3.73. The predicted octanol–water partition coefficient (Wildman–Crippen LogP) is 5.54. The van der Waals surface area contributed by atoms with Crippen LogP contribution in [0.15, 0.2) is 93.2 Å². The Morgan fingerprint density at radius 1 is 0.906 bits per heavy atom. The fourth-order valence-electron chi connectivity index (χ4n) is 3.31. The first-order valence-electron chi connectivity index (χ1n) is 10.0. The number of hydrogen-bond donors (Lipinski definition) is 0. The largest absolute Gasteiger partial charge is 0.497 e. The molecule has 8 heteroatoms. The summed E-state index contributed by atoms with van der Waals surface area (Å²) in [5.41, 5.74) is 2.79. The van der Waals surface area contributed by atoms with Crippen LogP contribution in [0, 0.1) is 0 Å². The number of rotatable bonds is 8. The first kappa shape index (κ1) is 20.1. The third kappa shape index (κ3) is 4.31. The minimum atomic E-state index is 0.523. The molecule has 5 aromatic rings. The number of aromatic nitrogens is 4. The average molecular weight is 445 g/mol. The maximum absolute atomic E-state index is 5.57. The monoisotopic (exact) mass is 444 g/mol. The van der Waals surface area contributed by atoms with Crippen LogP contribution in [-0.2, 0) is 12.3 Å². The molecule has 0 aliphatic rings. The first-order chi connectivity index (χ1) is 15.8. The summed E-state index contributed by atoms with van der Waals surface area (Å²) in [6.45, 7) is 0.523. The van der Waals surface area contributed by atoms with Crippen molar-refractivity contribution in [3.63, 3.8) is 0 Å². The third-order valence-corrected chi connectivity index (χ3v) is 5.92. The highest BCUT2D eigenvalue weighted by Gasteiger charge is 2.17. The van der Waals surface area contributed by atoms with Gasteiger partial charge in [-0.1, -0.05) is 47.3 Å². The molecule has 0 bridgehead atoms. The number of hydrogen-bond acceptors (Lipinski definition) is 7. The summed E-state index contributed by atoms with van der Waals surface area (Å²) in [6.07, 6.45) is 1.67. The lowest BCUT2D eigenvalue weighted by Gasteiger charge is -2.09. The SMILES string of the molecule is COc1ccc(-c2nnc(SCc3cc(-c4ccccc4)no3)n2Cc2ccco2)cc1. The van der Waals surface area contributed by atoms with E-state index in [2.05, 4.69) is 15.4 Å². The second-order valence-corrected chi connectivity index (χ2v) is 7.98. The quantitative estimate of drug-likeness (QED) is 0.291. The number of furan rings is 1. The van der Waals surface area contributed by atoms with Crippen molar-refractivity contribution in [3.8, 4) is 28.4 Å². The number of nitrogens with zero attached hydrogens (tertiary/aromatic N) is 4. The topological polar surface area (TPSA) is 79.1 Å². The minimum absolute atomic E-state index is 0.523. The predicted molar refractivity (Wildman–Crippen MR) is 121 cm³/mol. The Labute approximate surface area is 189 Å². The van der Waals surface area contributed by atoms with Crippen LogP contribution in [0.25, 0.3) is 22.6 Å². The second-order valence-electron chi connectivity index (χ2n) is 7.03. The van der Waals surface area contributed by atoms with Crippen LogP contribution in [0.2, 0.25) is 0 Å². The van der Waals surface area contributed by atoms with Gasteiger partial charge in [0.25, 0.3) is 0 Å². The zero-order chi connectivity index (χ0) is 21.8. The molecule has 0 fully saturated rings. The zero-order valence-electron chi connectivity index (χ0n) is 17.3. The van der Waals surface area contributed by atoms with Crippen LogP contribution >= 0.6 is 11.8 Å². The molecule has 0 saturated heterocycles. The van der Waals surface area contributed by atoms with Gasteiger partial charge in [-0.2, -0.15) is 0 Å². The molecule has 0 saturated carbocycles. The molecular weight excluding hydrogens is 424 g/mol. The van der Waals surface area contributed by atoms with Crippen molar-refractivity contribution < 1.29 is 13.7 Å². The van der Waals surface area contributed by atoms with E-state index in [1.165, 1.54) is 0 Å². The highest BCUT2D eigenvalue weighted by Crippen LogP contribution is 2.29. The lowest BCUT2D eigenvalue weighted by atomic mass is 10.1. The molecule has 3 heterocycles. The van der Waals surface area contributed by atoms with E-state index in [9.17, 15) is 0 Å². The van der Waals surface area contributed by atoms with Crippen molar-refractivity contribution in [2.75, 3.05) is 7.11 Å². The smallest absolute Gasteiger partial charge is 0.192 e. The molecule has 32 heavy (non-hydrogen) atoms. The third-order valence-electron chi connectivity index (χ3n) is 4.93. The van der Waals surface area contributed by atoms with E-state index in [1.807, 2.05) is 77.4 Å². The standard InChI is InChI=1S/C24H20N4O3S/c1-29-19-11-9-18(10-12-19)23-25-26-24(28(23)15-20-8-5-13-30-20)32-16-21-14-22(27-31-21)17-6-3-2-4-7-17/h2-14H,15-16H2,1H3. The Bertz CT molecular complexity index is 1280. The number of ether oxygens (including phenoxy) is 1. The zero-order valence-corrected chi connectivity index (χ0v) is 18.2. The number of benzene rings is 2.